The van der Waals surface area contributed by atoms with Crippen molar-refractivity contribution < 1.29 is 19.0 Å². The summed E-state index contributed by atoms with van der Waals surface area (Å²) in [7, 11) is 4.87. The molecule has 0 unspecified atom stereocenters. The zero-order valence-corrected chi connectivity index (χ0v) is 17.1. The second-order valence-electron chi connectivity index (χ2n) is 6.83. The molecule has 0 aliphatic heterocycles. The van der Waals surface area contributed by atoms with Crippen molar-refractivity contribution in [3.63, 3.8) is 0 Å². The van der Waals surface area contributed by atoms with Crippen LogP contribution in [0.25, 0.3) is 21.9 Å². The second kappa shape index (κ2) is 8.29. The van der Waals surface area contributed by atoms with E-state index in [2.05, 4.69) is 0 Å². The Labute approximate surface area is 175 Å². The number of rotatable bonds is 6. The van der Waals surface area contributed by atoms with Crippen LogP contribution in [0.1, 0.15) is 15.9 Å². The maximum absolute atomic E-state index is 13.7. The molecule has 0 aliphatic rings. The maximum Gasteiger partial charge on any atom is 0.194 e. The summed E-state index contributed by atoms with van der Waals surface area (Å²) in [4.78, 5) is 13.7. The van der Waals surface area contributed by atoms with E-state index in [-0.39, 0.29) is 5.78 Å². The van der Waals surface area contributed by atoms with E-state index in [1.165, 1.54) is 0 Å². The molecule has 0 radical (unpaired) electrons. The Bertz CT molecular complexity index is 1210. The Hall–Kier alpha value is -3.79. The summed E-state index contributed by atoms with van der Waals surface area (Å²) >= 11 is 0. The van der Waals surface area contributed by atoms with Crippen molar-refractivity contribution in [3.05, 3.63) is 90.0 Å². The number of hydrogen-bond acceptors (Lipinski definition) is 4. The predicted molar refractivity (Wildman–Crippen MR) is 119 cm³/mol. The Morgan fingerprint density at radius 2 is 1.37 bits per heavy atom. The minimum absolute atomic E-state index is 0.0608. The van der Waals surface area contributed by atoms with Gasteiger partial charge >= 0.3 is 0 Å². The van der Waals surface area contributed by atoms with Crippen molar-refractivity contribution in [2.45, 2.75) is 0 Å². The SMILES string of the molecule is COc1ccc(C(=O)c2c(-c3ccccc3OC)ccc3cc(OC)ccc23)cc1. The van der Waals surface area contributed by atoms with E-state index in [9.17, 15) is 4.79 Å². The van der Waals surface area contributed by atoms with Gasteiger partial charge in [0.1, 0.15) is 17.2 Å². The molecule has 0 atom stereocenters. The van der Waals surface area contributed by atoms with Crippen LogP contribution in [-0.2, 0) is 0 Å². The van der Waals surface area contributed by atoms with E-state index in [0.717, 1.165) is 27.6 Å². The van der Waals surface area contributed by atoms with E-state index >= 15 is 0 Å². The summed E-state index contributed by atoms with van der Waals surface area (Å²) in [6, 6.07) is 24.6. The van der Waals surface area contributed by atoms with Gasteiger partial charge in [-0.1, -0.05) is 30.3 Å². The van der Waals surface area contributed by atoms with Gasteiger partial charge in [0.05, 0.1) is 21.3 Å². The van der Waals surface area contributed by atoms with Crippen LogP contribution in [0, 0.1) is 0 Å². The first-order valence-electron chi connectivity index (χ1n) is 9.59. The lowest BCUT2D eigenvalue weighted by Crippen LogP contribution is -2.05. The maximum atomic E-state index is 13.7. The fourth-order valence-corrected chi connectivity index (χ4v) is 3.66. The van der Waals surface area contributed by atoms with Crippen molar-refractivity contribution in [1.82, 2.24) is 0 Å². The van der Waals surface area contributed by atoms with Gasteiger partial charge in [0, 0.05) is 16.7 Å². The molecule has 4 aromatic carbocycles. The van der Waals surface area contributed by atoms with Gasteiger partial charge in [0.2, 0.25) is 0 Å². The highest BCUT2D eigenvalue weighted by Gasteiger charge is 2.20. The van der Waals surface area contributed by atoms with E-state index in [0.29, 0.717) is 22.6 Å². The molecule has 0 saturated carbocycles. The van der Waals surface area contributed by atoms with Gasteiger partial charge in [0.25, 0.3) is 0 Å². The summed E-state index contributed by atoms with van der Waals surface area (Å²) in [6.07, 6.45) is 0. The molecule has 4 aromatic rings. The monoisotopic (exact) mass is 398 g/mol. The molecule has 4 heteroatoms. The summed E-state index contributed by atoms with van der Waals surface area (Å²) < 4.78 is 16.2. The molecule has 0 saturated heterocycles. The van der Waals surface area contributed by atoms with E-state index in [1.54, 1.807) is 45.6 Å². The highest BCUT2D eigenvalue weighted by Crippen LogP contribution is 2.38. The number of hydrogen-bond donors (Lipinski definition) is 0. The van der Waals surface area contributed by atoms with Crippen molar-refractivity contribution in [2.24, 2.45) is 0 Å². The number of fused-ring (bicyclic) bond motifs is 1. The van der Waals surface area contributed by atoms with Crippen LogP contribution in [-0.4, -0.2) is 27.1 Å². The molecule has 0 amide bonds. The summed E-state index contributed by atoms with van der Waals surface area (Å²) in [5.74, 6) is 2.11. The molecule has 0 heterocycles. The van der Waals surface area contributed by atoms with Gasteiger partial charge in [-0.05, 0) is 64.9 Å². The lowest BCUT2D eigenvalue weighted by atomic mass is 9.89. The number of methoxy groups -OCH3 is 3. The number of para-hydroxylation sites is 1. The van der Waals surface area contributed by atoms with Gasteiger partial charge in [0.15, 0.2) is 5.78 Å². The Morgan fingerprint density at radius 1 is 0.667 bits per heavy atom. The number of ether oxygens (including phenoxy) is 3. The van der Waals surface area contributed by atoms with Gasteiger partial charge in [-0.2, -0.15) is 0 Å². The van der Waals surface area contributed by atoms with Gasteiger partial charge < -0.3 is 14.2 Å². The molecule has 0 spiro atoms. The largest absolute Gasteiger partial charge is 0.497 e. The Morgan fingerprint density at radius 3 is 2.07 bits per heavy atom. The first-order chi connectivity index (χ1) is 14.7. The third-order valence-corrected chi connectivity index (χ3v) is 5.20. The van der Waals surface area contributed by atoms with Gasteiger partial charge in [-0.25, -0.2) is 0 Å². The molecule has 150 valence electrons. The number of carbonyl (C=O) groups is 1. The van der Waals surface area contributed by atoms with Crippen LogP contribution in [0.5, 0.6) is 17.2 Å². The zero-order valence-electron chi connectivity index (χ0n) is 17.1. The molecule has 0 N–H and O–H groups in total. The van der Waals surface area contributed by atoms with Crippen molar-refractivity contribution in [3.8, 4) is 28.4 Å². The van der Waals surface area contributed by atoms with Crippen molar-refractivity contribution >= 4 is 16.6 Å². The highest BCUT2D eigenvalue weighted by molar-refractivity contribution is 6.20. The summed E-state index contributed by atoms with van der Waals surface area (Å²) in [6.45, 7) is 0. The molecular formula is C26H22O4. The minimum Gasteiger partial charge on any atom is -0.497 e. The summed E-state index contributed by atoms with van der Waals surface area (Å²) in [5, 5.41) is 1.80. The third-order valence-electron chi connectivity index (χ3n) is 5.20. The Kier molecular flexibility index (Phi) is 5.40. The lowest BCUT2D eigenvalue weighted by Gasteiger charge is -2.16. The standard InChI is InChI=1S/C26H22O4/c1-28-19-11-8-17(9-12-19)26(27)25-21-15-13-20(29-2)16-18(21)10-14-23(25)22-6-4-5-7-24(22)30-3/h4-16H,1-3H3. The first-order valence-corrected chi connectivity index (χ1v) is 9.59. The Balaban J connectivity index is 1.98. The van der Waals surface area contributed by atoms with Gasteiger partial charge in [-0.15, -0.1) is 0 Å². The van der Waals surface area contributed by atoms with Crippen LogP contribution in [0.3, 0.4) is 0 Å². The van der Waals surface area contributed by atoms with Crippen molar-refractivity contribution in [2.75, 3.05) is 21.3 Å². The van der Waals surface area contributed by atoms with E-state index in [4.69, 9.17) is 14.2 Å². The number of benzene rings is 4. The highest BCUT2D eigenvalue weighted by atomic mass is 16.5. The topological polar surface area (TPSA) is 44.8 Å². The van der Waals surface area contributed by atoms with E-state index in [1.807, 2.05) is 54.6 Å². The van der Waals surface area contributed by atoms with Crippen LogP contribution in [0.2, 0.25) is 0 Å². The average Bonchev–Trinajstić information content (AvgIpc) is 2.82. The molecule has 0 bridgehead atoms. The normalized spacial score (nSPS) is 10.6. The van der Waals surface area contributed by atoms with Crippen LogP contribution < -0.4 is 14.2 Å². The van der Waals surface area contributed by atoms with E-state index < -0.39 is 0 Å². The van der Waals surface area contributed by atoms with Crippen LogP contribution >= 0.6 is 0 Å². The average molecular weight is 398 g/mol. The molecular weight excluding hydrogens is 376 g/mol. The minimum atomic E-state index is -0.0608. The zero-order chi connectivity index (χ0) is 21.1. The van der Waals surface area contributed by atoms with Gasteiger partial charge in [-0.3, -0.25) is 4.79 Å². The molecule has 0 fully saturated rings. The molecule has 4 nitrogen and oxygen atoms in total. The second-order valence-corrected chi connectivity index (χ2v) is 6.83. The number of ketones is 1. The fraction of sp³-hybridized carbons (Fsp3) is 0.115. The molecule has 0 aliphatic carbocycles. The predicted octanol–water partition coefficient (Wildman–Crippen LogP) is 5.76. The number of carbonyl (C=O) groups excluding carboxylic acids is 1. The van der Waals surface area contributed by atoms with Crippen LogP contribution in [0.4, 0.5) is 0 Å². The molecule has 30 heavy (non-hydrogen) atoms. The smallest absolute Gasteiger partial charge is 0.194 e. The third kappa shape index (κ3) is 3.48. The summed E-state index contributed by atoms with van der Waals surface area (Å²) in [5.41, 5.74) is 2.92. The first kappa shape index (κ1) is 19.5. The lowest BCUT2D eigenvalue weighted by molar-refractivity contribution is 0.104. The molecule has 0 aromatic heterocycles. The molecule has 4 rings (SSSR count). The fourth-order valence-electron chi connectivity index (χ4n) is 3.66. The van der Waals surface area contributed by atoms with Crippen LogP contribution in [0.15, 0.2) is 78.9 Å². The van der Waals surface area contributed by atoms with Crippen molar-refractivity contribution in [1.29, 1.82) is 0 Å². The quantitative estimate of drug-likeness (QED) is 0.387.